The first kappa shape index (κ1) is 10.1. The van der Waals surface area contributed by atoms with Gasteiger partial charge in [-0.15, -0.1) is 6.42 Å². The molecule has 72 valence electrons. The Morgan fingerprint density at radius 1 is 1.62 bits per heavy atom. The molecule has 0 aromatic heterocycles. The van der Waals surface area contributed by atoms with Crippen LogP contribution in [0, 0.1) is 12.3 Å². The van der Waals surface area contributed by atoms with Gasteiger partial charge in [-0.3, -0.25) is 9.69 Å². The number of terminal acetylenes is 1. The highest BCUT2D eigenvalue weighted by Crippen LogP contribution is 2.08. The molecule has 1 aliphatic rings. The summed E-state index contributed by atoms with van der Waals surface area (Å²) in [5, 5.41) is 0. The Morgan fingerprint density at radius 2 is 2.31 bits per heavy atom. The van der Waals surface area contributed by atoms with Crippen LogP contribution in [-0.2, 0) is 4.79 Å². The molecule has 0 radical (unpaired) electrons. The third-order valence-electron chi connectivity index (χ3n) is 2.58. The van der Waals surface area contributed by atoms with Crippen molar-refractivity contribution in [2.45, 2.75) is 19.9 Å². The zero-order valence-electron chi connectivity index (χ0n) is 8.29. The van der Waals surface area contributed by atoms with Crippen LogP contribution in [0.15, 0.2) is 0 Å². The van der Waals surface area contributed by atoms with E-state index in [4.69, 9.17) is 6.42 Å². The van der Waals surface area contributed by atoms with Gasteiger partial charge < -0.3 is 4.90 Å². The van der Waals surface area contributed by atoms with Gasteiger partial charge in [-0.25, -0.2) is 0 Å². The number of rotatable bonds is 1. The van der Waals surface area contributed by atoms with Gasteiger partial charge in [-0.05, 0) is 19.4 Å². The molecule has 0 N–H and O–H groups in total. The molecule has 1 unspecified atom stereocenters. The molecular formula is C10H16N2O. The first-order valence-electron chi connectivity index (χ1n) is 4.68. The van der Waals surface area contributed by atoms with E-state index in [1.165, 1.54) is 0 Å². The van der Waals surface area contributed by atoms with E-state index in [9.17, 15) is 4.79 Å². The number of nitrogens with zero attached hydrogens (tertiary/aromatic N) is 2. The molecule has 1 saturated heterocycles. The lowest BCUT2D eigenvalue weighted by atomic mass is 10.2. The minimum absolute atomic E-state index is 0.178. The van der Waals surface area contributed by atoms with Crippen LogP contribution in [0.3, 0.4) is 0 Å². The summed E-state index contributed by atoms with van der Waals surface area (Å²) in [6.07, 6.45) is 5.06. The summed E-state index contributed by atoms with van der Waals surface area (Å²) < 4.78 is 0. The fraction of sp³-hybridized carbons (Fsp3) is 0.700. The number of carbonyl (C=O) groups is 1. The third-order valence-corrected chi connectivity index (χ3v) is 2.58. The average Bonchev–Trinajstić information content (AvgIpc) is 2.16. The van der Waals surface area contributed by atoms with Crippen LogP contribution in [0.2, 0.25) is 0 Å². The SMILES string of the molecule is C#CC(=O)N1CCN(CC)C(C)C1. The maximum atomic E-state index is 11.2. The van der Waals surface area contributed by atoms with Gasteiger partial charge in [0.05, 0.1) is 0 Å². The van der Waals surface area contributed by atoms with Crippen LogP contribution < -0.4 is 0 Å². The number of amides is 1. The number of piperazine rings is 1. The van der Waals surface area contributed by atoms with E-state index in [0.29, 0.717) is 6.04 Å². The van der Waals surface area contributed by atoms with Crippen LogP contribution in [0.1, 0.15) is 13.8 Å². The van der Waals surface area contributed by atoms with Crippen molar-refractivity contribution in [3.05, 3.63) is 0 Å². The maximum absolute atomic E-state index is 11.2. The molecule has 3 nitrogen and oxygen atoms in total. The van der Waals surface area contributed by atoms with Crippen LogP contribution in [0.5, 0.6) is 0 Å². The maximum Gasteiger partial charge on any atom is 0.298 e. The molecule has 1 rings (SSSR count). The van der Waals surface area contributed by atoms with Gasteiger partial charge in [0.15, 0.2) is 0 Å². The van der Waals surface area contributed by atoms with Gasteiger partial charge in [0.2, 0.25) is 0 Å². The standard InChI is InChI=1S/C10H16N2O/c1-4-10(13)12-7-6-11(5-2)9(3)8-12/h1,9H,5-8H2,2-3H3. The number of hydrogen-bond acceptors (Lipinski definition) is 2. The van der Waals surface area contributed by atoms with Crippen molar-refractivity contribution in [3.63, 3.8) is 0 Å². The summed E-state index contributed by atoms with van der Waals surface area (Å²) in [5.41, 5.74) is 0. The summed E-state index contributed by atoms with van der Waals surface area (Å²) >= 11 is 0. The van der Waals surface area contributed by atoms with Crippen LogP contribution in [-0.4, -0.2) is 47.9 Å². The molecule has 0 aromatic carbocycles. The van der Waals surface area contributed by atoms with Crippen molar-refractivity contribution >= 4 is 5.91 Å². The summed E-state index contributed by atoms with van der Waals surface area (Å²) in [7, 11) is 0. The van der Waals surface area contributed by atoms with E-state index in [2.05, 4.69) is 24.7 Å². The highest BCUT2D eigenvalue weighted by molar-refractivity contribution is 5.92. The monoisotopic (exact) mass is 180 g/mol. The van der Waals surface area contributed by atoms with E-state index in [0.717, 1.165) is 26.2 Å². The van der Waals surface area contributed by atoms with Crippen molar-refractivity contribution < 1.29 is 4.79 Å². The molecule has 0 aliphatic carbocycles. The topological polar surface area (TPSA) is 23.6 Å². The van der Waals surface area contributed by atoms with Crippen molar-refractivity contribution in [3.8, 4) is 12.3 Å². The molecule has 0 aromatic rings. The smallest absolute Gasteiger partial charge is 0.298 e. The van der Waals surface area contributed by atoms with Crippen LogP contribution >= 0.6 is 0 Å². The predicted octanol–water partition coefficient (Wildman–Crippen LogP) is 0.172. The molecule has 0 spiro atoms. The number of likely N-dealkylation sites (N-methyl/N-ethyl adjacent to an activating group) is 1. The Bertz CT molecular complexity index is 232. The zero-order valence-corrected chi connectivity index (χ0v) is 8.29. The normalized spacial score (nSPS) is 24.1. The second-order valence-electron chi connectivity index (χ2n) is 3.37. The fourth-order valence-electron chi connectivity index (χ4n) is 1.74. The van der Waals surface area contributed by atoms with Crippen molar-refractivity contribution in [1.29, 1.82) is 0 Å². The largest absolute Gasteiger partial charge is 0.329 e. The van der Waals surface area contributed by atoms with Gasteiger partial charge in [0.25, 0.3) is 5.91 Å². The lowest BCUT2D eigenvalue weighted by Crippen LogP contribution is -2.53. The molecular weight excluding hydrogens is 164 g/mol. The summed E-state index contributed by atoms with van der Waals surface area (Å²) in [6, 6.07) is 0.427. The van der Waals surface area contributed by atoms with Gasteiger partial charge in [-0.1, -0.05) is 6.92 Å². The van der Waals surface area contributed by atoms with E-state index < -0.39 is 0 Å². The first-order chi connectivity index (χ1) is 6.19. The fourth-order valence-corrected chi connectivity index (χ4v) is 1.74. The summed E-state index contributed by atoms with van der Waals surface area (Å²) in [6.45, 7) is 7.76. The molecule has 1 aliphatic heterocycles. The molecule has 1 fully saturated rings. The second-order valence-corrected chi connectivity index (χ2v) is 3.37. The first-order valence-corrected chi connectivity index (χ1v) is 4.68. The Labute approximate surface area is 79.7 Å². The second kappa shape index (κ2) is 4.29. The molecule has 1 amide bonds. The Hall–Kier alpha value is -1.01. The molecule has 1 heterocycles. The van der Waals surface area contributed by atoms with E-state index in [1.807, 2.05) is 0 Å². The minimum Gasteiger partial charge on any atom is -0.329 e. The predicted molar refractivity (Wildman–Crippen MR) is 52.1 cm³/mol. The van der Waals surface area contributed by atoms with Gasteiger partial charge in [0, 0.05) is 25.7 Å². The van der Waals surface area contributed by atoms with Gasteiger partial charge in [0.1, 0.15) is 0 Å². The van der Waals surface area contributed by atoms with Gasteiger partial charge >= 0.3 is 0 Å². The average molecular weight is 180 g/mol. The van der Waals surface area contributed by atoms with Crippen molar-refractivity contribution in [1.82, 2.24) is 9.80 Å². The molecule has 13 heavy (non-hydrogen) atoms. The highest BCUT2D eigenvalue weighted by atomic mass is 16.2. The zero-order chi connectivity index (χ0) is 9.84. The van der Waals surface area contributed by atoms with E-state index >= 15 is 0 Å². The quantitative estimate of drug-likeness (QED) is 0.537. The van der Waals surface area contributed by atoms with E-state index in [1.54, 1.807) is 4.90 Å². The molecule has 1 atom stereocenters. The summed E-state index contributed by atoms with van der Waals surface area (Å²) in [4.78, 5) is 15.3. The van der Waals surface area contributed by atoms with E-state index in [-0.39, 0.29) is 5.91 Å². The van der Waals surface area contributed by atoms with Crippen molar-refractivity contribution in [2.75, 3.05) is 26.2 Å². The minimum atomic E-state index is -0.178. The molecule has 0 saturated carbocycles. The third kappa shape index (κ3) is 2.22. The highest BCUT2D eigenvalue weighted by Gasteiger charge is 2.24. The molecule has 3 heteroatoms. The lowest BCUT2D eigenvalue weighted by molar-refractivity contribution is -0.127. The Morgan fingerprint density at radius 3 is 2.77 bits per heavy atom. The Balaban J connectivity index is 2.51. The Kier molecular flexibility index (Phi) is 3.32. The number of carbonyl (C=O) groups excluding carboxylic acids is 1. The van der Waals surface area contributed by atoms with Crippen LogP contribution in [0.25, 0.3) is 0 Å². The van der Waals surface area contributed by atoms with Crippen LogP contribution in [0.4, 0.5) is 0 Å². The summed E-state index contributed by atoms with van der Waals surface area (Å²) in [5.74, 6) is 1.98. The van der Waals surface area contributed by atoms with Crippen molar-refractivity contribution in [2.24, 2.45) is 0 Å². The molecule has 0 bridgehead atoms. The van der Waals surface area contributed by atoms with Gasteiger partial charge in [-0.2, -0.15) is 0 Å². The lowest BCUT2D eigenvalue weighted by Gasteiger charge is -2.38. The number of hydrogen-bond donors (Lipinski definition) is 0.